The standard InChI is InChI=1S/C13H14.C11H14N2.C11H13NO.C11H13N.C10H14.C9H11BrN4.C9H12/c1-10(2)12-9-5-7-11-6-3-4-8-13(11)12;1-8(2)13-7-6-9-10(12)4-3-5-11(9)13;1-8(2)12-7-6-9-10(12)4-3-5-11(9)13;1-9(2)12-8-7-10-5-3-4-6-11(10)12;1-9(2)8-10-6-4-3-5-7-10;1-5(2)14-8-7(13-9(14)10)6(11)3-4-12-8;1-8(2)9-6-4-3-5-7-9/h3-10H,1-2H3;3-8H,12H2,1-2H3;3-8,13H,1-2H3;3-9H,1-2H3;3-7,9H,8H2,1-2H3;3-5H,1-2H3,(H2,11,12);3-8H,1-2H3. The van der Waals surface area contributed by atoms with Gasteiger partial charge in [-0.2, -0.15) is 0 Å². The Morgan fingerprint density at radius 3 is 1.52 bits per heavy atom. The van der Waals surface area contributed by atoms with Crippen LogP contribution >= 0.6 is 15.9 Å². The molecule has 5 heterocycles. The molecule has 0 saturated heterocycles. The minimum Gasteiger partial charge on any atom is -0.507 e. The molecule has 7 aromatic carbocycles. The lowest BCUT2D eigenvalue weighted by Crippen LogP contribution is -2.01. The number of aromatic nitrogens is 6. The Bertz CT molecular complexity index is 3790. The van der Waals surface area contributed by atoms with E-state index in [-0.39, 0.29) is 0 Å². The summed E-state index contributed by atoms with van der Waals surface area (Å²) in [6.07, 6.45) is 9.14. The summed E-state index contributed by atoms with van der Waals surface area (Å²) in [6, 6.07) is 66.0. The fourth-order valence-corrected chi connectivity index (χ4v) is 10.7. The van der Waals surface area contributed by atoms with Gasteiger partial charge in [-0.05, 0) is 183 Å². The molecule has 0 amide bonds. The fourth-order valence-electron chi connectivity index (χ4n) is 9.96. The van der Waals surface area contributed by atoms with Crippen molar-refractivity contribution in [1.82, 2.24) is 28.2 Å². The molecule has 0 aliphatic carbocycles. The van der Waals surface area contributed by atoms with Gasteiger partial charge in [0.25, 0.3) is 0 Å². The molecule has 0 unspecified atom stereocenters. The van der Waals surface area contributed by atoms with E-state index in [4.69, 9.17) is 11.5 Å². The second-order valence-electron chi connectivity index (χ2n) is 23.3. The number of halogens is 1. The highest BCUT2D eigenvalue weighted by molar-refractivity contribution is 9.10. The molecule has 0 fully saturated rings. The average molecular weight is 1190 g/mol. The number of hydrogen-bond acceptors (Lipinski definition) is 5. The smallest absolute Gasteiger partial charge is 0.179 e. The quantitative estimate of drug-likeness (QED) is 0.131. The number of fused-ring (bicyclic) bond motifs is 5. The summed E-state index contributed by atoms with van der Waals surface area (Å²) in [5.41, 5.74) is 22.7. The van der Waals surface area contributed by atoms with Crippen LogP contribution in [0.1, 0.15) is 150 Å². The topological polar surface area (TPSA) is 118 Å². The molecule has 440 valence electrons. The van der Waals surface area contributed by atoms with Crippen LogP contribution in [-0.2, 0) is 6.42 Å². The first-order valence-electron chi connectivity index (χ1n) is 29.7. The van der Waals surface area contributed by atoms with E-state index in [1.165, 1.54) is 50.3 Å². The zero-order valence-corrected chi connectivity index (χ0v) is 53.7. The number of benzene rings is 7. The third-order valence-corrected chi connectivity index (χ3v) is 14.9. The number of para-hydroxylation sites is 1. The van der Waals surface area contributed by atoms with Gasteiger partial charge in [0.1, 0.15) is 11.3 Å². The molecule has 0 spiro atoms. The van der Waals surface area contributed by atoms with Crippen molar-refractivity contribution in [2.24, 2.45) is 5.92 Å². The van der Waals surface area contributed by atoms with Crippen LogP contribution in [-0.4, -0.2) is 33.3 Å². The summed E-state index contributed by atoms with van der Waals surface area (Å²) >= 11 is 3.40. The second-order valence-corrected chi connectivity index (χ2v) is 24.0. The molecule has 12 aromatic rings. The number of nitrogens with zero attached hydrogens (tertiary/aromatic N) is 6. The molecule has 0 aliphatic rings. The number of phenolic OH excluding ortho intramolecular Hbond substituents is 1. The van der Waals surface area contributed by atoms with Crippen molar-refractivity contribution < 1.29 is 5.11 Å². The number of anilines is 2. The van der Waals surface area contributed by atoms with E-state index >= 15 is 0 Å². The molecule has 5 aromatic heterocycles. The molecule has 5 N–H and O–H groups in total. The summed E-state index contributed by atoms with van der Waals surface area (Å²) in [5, 5.41) is 15.7. The summed E-state index contributed by atoms with van der Waals surface area (Å²) in [4.78, 5) is 8.60. The van der Waals surface area contributed by atoms with Crippen molar-refractivity contribution >= 4 is 81.9 Å². The highest BCUT2D eigenvalue weighted by Gasteiger charge is 2.14. The number of pyridine rings is 1. The maximum Gasteiger partial charge on any atom is 0.179 e. The highest BCUT2D eigenvalue weighted by Crippen LogP contribution is 2.29. The Kier molecular flexibility index (Phi) is 24.4. The van der Waals surface area contributed by atoms with Crippen molar-refractivity contribution in [1.29, 1.82) is 0 Å². The van der Waals surface area contributed by atoms with E-state index in [0.29, 0.717) is 47.4 Å². The molecule has 0 aliphatic heterocycles. The molecule has 0 radical (unpaired) electrons. The number of hydrogen-bond donors (Lipinski definition) is 3. The maximum absolute atomic E-state index is 9.55. The Balaban J connectivity index is 0.000000158. The van der Waals surface area contributed by atoms with Gasteiger partial charge in [-0.15, -0.1) is 0 Å². The number of phenols is 1. The molecule has 12 rings (SSSR count). The minimum atomic E-state index is 0.309. The van der Waals surface area contributed by atoms with E-state index in [2.05, 4.69) is 288 Å². The van der Waals surface area contributed by atoms with Crippen LogP contribution in [0.25, 0.3) is 54.6 Å². The highest BCUT2D eigenvalue weighted by atomic mass is 79.9. The zero-order chi connectivity index (χ0) is 61.0. The molecular formula is C74H91BrN8O. The maximum atomic E-state index is 9.55. The first-order valence-corrected chi connectivity index (χ1v) is 30.5. The third-order valence-electron chi connectivity index (χ3n) is 14.3. The lowest BCUT2D eigenvalue weighted by Gasteiger charge is -2.09. The lowest BCUT2D eigenvalue weighted by molar-refractivity contribution is 0.481. The van der Waals surface area contributed by atoms with Crippen molar-refractivity contribution in [2.75, 3.05) is 11.5 Å². The van der Waals surface area contributed by atoms with Gasteiger partial charge in [-0.3, -0.25) is 0 Å². The summed E-state index contributed by atoms with van der Waals surface area (Å²) < 4.78 is 9.44. The van der Waals surface area contributed by atoms with Crippen molar-refractivity contribution in [3.05, 3.63) is 234 Å². The van der Waals surface area contributed by atoms with Crippen LogP contribution < -0.4 is 11.5 Å². The van der Waals surface area contributed by atoms with Crippen molar-refractivity contribution in [3.63, 3.8) is 0 Å². The van der Waals surface area contributed by atoms with Crippen molar-refractivity contribution in [3.8, 4) is 5.75 Å². The molecule has 84 heavy (non-hydrogen) atoms. The van der Waals surface area contributed by atoms with Crippen LogP contribution in [0.2, 0.25) is 0 Å². The predicted octanol–water partition coefficient (Wildman–Crippen LogP) is 21.0. The van der Waals surface area contributed by atoms with Crippen molar-refractivity contribution in [2.45, 2.75) is 139 Å². The van der Waals surface area contributed by atoms with Gasteiger partial charge in [-0.1, -0.05) is 175 Å². The first-order chi connectivity index (χ1) is 40.2. The third kappa shape index (κ3) is 17.7. The fraction of sp³-hybridized carbons (Fsp3) is 0.297. The van der Waals surface area contributed by atoms with Crippen LogP contribution in [0, 0.1) is 5.92 Å². The average Bonchev–Trinajstić information content (AvgIpc) is 4.45. The van der Waals surface area contributed by atoms with Gasteiger partial charge >= 0.3 is 0 Å². The monoisotopic (exact) mass is 1190 g/mol. The van der Waals surface area contributed by atoms with Gasteiger partial charge in [0.15, 0.2) is 10.4 Å². The number of nitrogen functional groups attached to an aromatic ring is 2. The molecule has 0 bridgehead atoms. The number of nitrogens with two attached hydrogens (primary N) is 2. The van der Waals surface area contributed by atoms with E-state index in [1.807, 2.05) is 47.2 Å². The van der Waals surface area contributed by atoms with Gasteiger partial charge in [0.2, 0.25) is 0 Å². The number of imidazole rings is 1. The van der Waals surface area contributed by atoms with E-state index in [1.54, 1.807) is 18.3 Å². The van der Waals surface area contributed by atoms with Gasteiger partial charge in [0, 0.05) is 70.9 Å². The molecule has 0 saturated carbocycles. The van der Waals surface area contributed by atoms with Crippen LogP contribution in [0.4, 0.5) is 11.4 Å². The second kappa shape index (κ2) is 31.5. The summed E-state index contributed by atoms with van der Waals surface area (Å²) in [5.74, 6) is 2.39. The molecule has 10 heteroatoms. The lowest BCUT2D eigenvalue weighted by atomic mass is 9.96. The van der Waals surface area contributed by atoms with Crippen LogP contribution in [0.5, 0.6) is 5.75 Å². The minimum absolute atomic E-state index is 0.309. The molecule has 9 nitrogen and oxygen atoms in total. The molecular weight excluding hydrogens is 1100 g/mol. The van der Waals surface area contributed by atoms with E-state index < -0.39 is 0 Å². The summed E-state index contributed by atoms with van der Waals surface area (Å²) in [7, 11) is 0. The van der Waals surface area contributed by atoms with Gasteiger partial charge in [-0.25, -0.2) is 9.97 Å². The molecule has 0 atom stereocenters. The van der Waals surface area contributed by atoms with E-state index in [9.17, 15) is 5.11 Å². The SMILES string of the molecule is CC(C)Cc1ccccc1.CC(C)c1cccc2ccccc12.CC(C)c1ccccc1.CC(C)n1c(Br)nc2c(N)ccnc21.CC(C)n1ccc2c(N)cccc21.CC(C)n1ccc2c(O)cccc21.CC(C)n1ccc2ccccc21. The number of aromatic hydroxyl groups is 1. The van der Waals surface area contributed by atoms with Crippen LogP contribution in [0.15, 0.2) is 218 Å². The number of rotatable bonds is 8. The zero-order valence-electron chi connectivity index (χ0n) is 52.1. The predicted molar refractivity (Wildman–Crippen MR) is 367 cm³/mol. The van der Waals surface area contributed by atoms with Gasteiger partial charge < -0.3 is 34.8 Å². The largest absolute Gasteiger partial charge is 0.507 e. The normalized spacial score (nSPS) is 11.0. The Morgan fingerprint density at radius 1 is 0.440 bits per heavy atom. The summed E-state index contributed by atoms with van der Waals surface area (Å²) in [6.45, 7) is 30.5. The van der Waals surface area contributed by atoms with Crippen LogP contribution in [0.3, 0.4) is 0 Å². The Labute approximate surface area is 509 Å². The Hall–Kier alpha value is -8.08. The van der Waals surface area contributed by atoms with Gasteiger partial charge in [0.05, 0.1) is 16.7 Å². The Morgan fingerprint density at radius 2 is 0.940 bits per heavy atom. The first kappa shape index (κ1) is 65.1. The van der Waals surface area contributed by atoms with E-state index in [0.717, 1.165) is 43.8 Å².